The molecule has 0 aliphatic carbocycles. The molecule has 0 saturated heterocycles. The molecule has 0 heterocycles. The highest BCUT2D eigenvalue weighted by atomic mass is 35.5. The molecule has 4 nitrogen and oxygen atoms in total. The number of aliphatic hydroxyl groups excluding tert-OH is 1. The first-order valence-electron chi connectivity index (χ1n) is 6.03. The van der Waals surface area contributed by atoms with Gasteiger partial charge in [-0.1, -0.05) is 47.5 Å². The topological polar surface area (TPSA) is 66.4 Å². The Hall–Kier alpha value is -1.27. The predicted molar refractivity (Wildman–Crippen MR) is 85.1 cm³/mol. The lowest BCUT2D eigenvalue weighted by Crippen LogP contribution is -2.15. The summed E-state index contributed by atoms with van der Waals surface area (Å²) >= 11 is 11.7. The number of anilines is 1. The molecular weight excluding hydrogens is 333 g/mol. The standard InChI is InChI=1S/C14H13Cl2NO3S/c15-12-5-13(16)7-14(6-12)17-21(19,20)9-11-3-1-10(8-18)2-4-11/h1-7,17-18H,8-9H2. The average molecular weight is 346 g/mol. The second-order valence-electron chi connectivity index (χ2n) is 4.49. The molecule has 0 aromatic heterocycles. The van der Waals surface area contributed by atoms with Crippen molar-refractivity contribution in [1.29, 1.82) is 0 Å². The largest absolute Gasteiger partial charge is 0.392 e. The smallest absolute Gasteiger partial charge is 0.236 e. The van der Waals surface area contributed by atoms with Gasteiger partial charge in [0.2, 0.25) is 10.0 Å². The minimum absolute atomic E-state index is 0.0771. The van der Waals surface area contributed by atoms with Gasteiger partial charge in [-0.3, -0.25) is 4.72 Å². The lowest BCUT2D eigenvalue weighted by Gasteiger charge is -2.09. The lowest BCUT2D eigenvalue weighted by molar-refractivity contribution is 0.282. The van der Waals surface area contributed by atoms with Gasteiger partial charge in [-0.05, 0) is 29.3 Å². The van der Waals surface area contributed by atoms with Crippen LogP contribution in [0.1, 0.15) is 11.1 Å². The molecule has 0 bridgehead atoms. The van der Waals surface area contributed by atoms with E-state index in [4.69, 9.17) is 28.3 Å². The van der Waals surface area contributed by atoms with E-state index >= 15 is 0 Å². The Morgan fingerprint density at radius 3 is 2.00 bits per heavy atom. The summed E-state index contributed by atoms with van der Waals surface area (Å²) in [4.78, 5) is 0. The van der Waals surface area contributed by atoms with Crippen LogP contribution < -0.4 is 4.72 Å². The molecule has 0 fully saturated rings. The highest BCUT2D eigenvalue weighted by Gasteiger charge is 2.12. The molecule has 112 valence electrons. The summed E-state index contributed by atoms with van der Waals surface area (Å²) in [6, 6.07) is 11.2. The van der Waals surface area contributed by atoms with Gasteiger partial charge in [0.1, 0.15) is 0 Å². The van der Waals surface area contributed by atoms with Crippen LogP contribution in [0.5, 0.6) is 0 Å². The van der Waals surface area contributed by atoms with E-state index in [0.717, 1.165) is 5.56 Å². The zero-order valence-corrected chi connectivity index (χ0v) is 13.2. The third-order valence-electron chi connectivity index (χ3n) is 2.70. The van der Waals surface area contributed by atoms with Crippen LogP contribution in [0.15, 0.2) is 42.5 Å². The average Bonchev–Trinajstić information content (AvgIpc) is 2.37. The van der Waals surface area contributed by atoms with E-state index in [2.05, 4.69) is 4.72 Å². The fourth-order valence-corrected chi connectivity index (χ4v) is 3.50. The summed E-state index contributed by atoms with van der Waals surface area (Å²) in [6.07, 6.45) is 0. The summed E-state index contributed by atoms with van der Waals surface area (Å²) in [5.41, 5.74) is 1.66. The molecule has 2 aromatic rings. The maximum Gasteiger partial charge on any atom is 0.236 e. The van der Waals surface area contributed by atoms with Gasteiger partial charge in [0, 0.05) is 10.0 Å². The highest BCUT2D eigenvalue weighted by molar-refractivity contribution is 7.91. The van der Waals surface area contributed by atoms with Gasteiger partial charge in [0.25, 0.3) is 0 Å². The molecule has 2 aromatic carbocycles. The SMILES string of the molecule is O=S(=O)(Cc1ccc(CO)cc1)Nc1cc(Cl)cc(Cl)c1. The van der Waals surface area contributed by atoms with Gasteiger partial charge in [0.05, 0.1) is 18.0 Å². The van der Waals surface area contributed by atoms with Crippen molar-refractivity contribution in [2.75, 3.05) is 4.72 Å². The Morgan fingerprint density at radius 1 is 0.952 bits per heavy atom. The van der Waals surface area contributed by atoms with Crippen LogP contribution in [-0.2, 0) is 22.4 Å². The summed E-state index contributed by atoms with van der Waals surface area (Å²) in [5, 5.41) is 9.66. The second-order valence-corrected chi connectivity index (χ2v) is 7.09. The minimum atomic E-state index is -3.57. The quantitative estimate of drug-likeness (QED) is 0.872. The van der Waals surface area contributed by atoms with E-state index in [1.807, 2.05) is 0 Å². The van der Waals surface area contributed by atoms with Crippen LogP contribution in [0.25, 0.3) is 0 Å². The van der Waals surface area contributed by atoms with E-state index in [0.29, 0.717) is 21.3 Å². The van der Waals surface area contributed by atoms with Gasteiger partial charge in [-0.2, -0.15) is 0 Å². The second kappa shape index (κ2) is 6.66. The summed E-state index contributed by atoms with van der Waals surface area (Å²) < 4.78 is 26.6. The first kappa shape index (κ1) is 16.1. The van der Waals surface area contributed by atoms with Crippen LogP contribution in [-0.4, -0.2) is 13.5 Å². The Labute approximate surface area is 133 Å². The molecule has 0 saturated carbocycles. The summed E-state index contributed by atoms with van der Waals surface area (Å²) in [6.45, 7) is -0.0771. The van der Waals surface area contributed by atoms with Gasteiger partial charge in [-0.25, -0.2) is 8.42 Å². The highest BCUT2D eigenvalue weighted by Crippen LogP contribution is 2.23. The first-order chi connectivity index (χ1) is 9.88. The Morgan fingerprint density at radius 2 is 1.48 bits per heavy atom. The molecule has 0 aliphatic heterocycles. The van der Waals surface area contributed by atoms with E-state index in [9.17, 15) is 8.42 Å². The van der Waals surface area contributed by atoms with Crippen molar-refractivity contribution in [1.82, 2.24) is 0 Å². The Kier molecular flexibility index (Phi) is 5.11. The fourth-order valence-electron chi connectivity index (χ4n) is 1.79. The summed E-state index contributed by atoms with van der Waals surface area (Å²) in [7, 11) is -3.57. The van der Waals surface area contributed by atoms with E-state index in [1.54, 1.807) is 24.3 Å². The number of aliphatic hydroxyl groups is 1. The predicted octanol–water partition coefficient (Wildman–Crippen LogP) is 3.43. The number of sulfonamides is 1. The molecule has 0 atom stereocenters. The van der Waals surface area contributed by atoms with Crippen molar-refractivity contribution in [2.24, 2.45) is 0 Å². The maximum absolute atomic E-state index is 12.1. The maximum atomic E-state index is 12.1. The van der Waals surface area contributed by atoms with Gasteiger partial charge >= 0.3 is 0 Å². The monoisotopic (exact) mass is 345 g/mol. The van der Waals surface area contributed by atoms with Crippen LogP contribution in [0.3, 0.4) is 0 Å². The molecule has 0 radical (unpaired) electrons. The molecule has 0 unspecified atom stereocenters. The van der Waals surface area contributed by atoms with Crippen LogP contribution in [0, 0.1) is 0 Å². The van der Waals surface area contributed by atoms with Crippen molar-refractivity contribution in [3.63, 3.8) is 0 Å². The van der Waals surface area contributed by atoms with Gasteiger partial charge in [0.15, 0.2) is 0 Å². The van der Waals surface area contributed by atoms with Gasteiger partial charge < -0.3 is 5.11 Å². The Balaban J connectivity index is 2.14. The molecule has 7 heteroatoms. The van der Waals surface area contributed by atoms with Crippen LogP contribution in [0.2, 0.25) is 10.0 Å². The van der Waals surface area contributed by atoms with Crippen LogP contribution in [0.4, 0.5) is 5.69 Å². The Bertz CT molecular complexity index is 710. The molecule has 0 spiro atoms. The number of halogens is 2. The van der Waals surface area contributed by atoms with Gasteiger partial charge in [-0.15, -0.1) is 0 Å². The van der Waals surface area contributed by atoms with E-state index < -0.39 is 10.0 Å². The van der Waals surface area contributed by atoms with Crippen molar-refractivity contribution in [3.8, 4) is 0 Å². The minimum Gasteiger partial charge on any atom is -0.392 e. The van der Waals surface area contributed by atoms with Crippen molar-refractivity contribution in [3.05, 3.63) is 63.6 Å². The van der Waals surface area contributed by atoms with Crippen molar-refractivity contribution >= 4 is 38.9 Å². The third-order valence-corrected chi connectivity index (χ3v) is 4.39. The normalized spacial score (nSPS) is 11.4. The number of nitrogens with one attached hydrogen (secondary N) is 1. The van der Waals surface area contributed by atoms with Crippen molar-refractivity contribution < 1.29 is 13.5 Å². The van der Waals surface area contributed by atoms with E-state index in [1.165, 1.54) is 18.2 Å². The zero-order chi connectivity index (χ0) is 15.5. The van der Waals surface area contributed by atoms with E-state index in [-0.39, 0.29) is 12.4 Å². The zero-order valence-electron chi connectivity index (χ0n) is 10.9. The molecule has 2 N–H and O–H groups in total. The third kappa shape index (κ3) is 4.89. The fraction of sp³-hybridized carbons (Fsp3) is 0.143. The lowest BCUT2D eigenvalue weighted by atomic mass is 10.2. The molecule has 21 heavy (non-hydrogen) atoms. The first-order valence-corrected chi connectivity index (χ1v) is 8.44. The summed E-state index contributed by atoms with van der Waals surface area (Å²) in [5.74, 6) is -0.178. The molecule has 2 rings (SSSR count). The van der Waals surface area contributed by atoms with Crippen molar-refractivity contribution in [2.45, 2.75) is 12.4 Å². The number of hydrogen-bond donors (Lipinski definition) is 2. The van der Waals surface area contributed by atoms with Crippen LogP contribution >= 0.6 is 23.2 Å². The number of hydrogen-bond acceptors (Lipinski definition) is 3. The molecular formula is C14H13Cl2NO3S. The number of rotatable bonds is 5. The molecule has 0 aliphatic rings. The number of benzene rings is 2. The molecule has 0 amide bonds.